The molecule has 0 radical (unpaired) electrons. The number of ether oxygens (including phenoxy) is 1. The number of nitrogens with one attached hydrogen (secondary N) is 1. The van der Waals surface area contributed by atoms with Gasteiger partial charge in [-0.1, -0.05) is 44.0 Å². The number of halogens is 2. The molecule has 0 unspecified atom stereocenters. The third kappa shape index (κ3) is 4.67. The zero-order chi connectivity index (χ0) is 22.6. The Morgan fingerprint density at radius 1 is 1.13 bits per heavy atom. The highest BCUT2D eigenvalue weighted by atomic mass is 35.5. The molecule has 0 spiro atoms. The molecule has 0 bridgehead atoms. The zero-order valence-electron chi connectivity index (χ0n) is 17.1. The van der Waals surface area contributed by atoms with Crippen molar-refractivity contribution in [3.63, 3.8) is 0 Å². The maximum Gasteiger partial charge on any atom is 0.257 e. The highest BCUT2D eigenvalue weighted by Gasteiger charge is 2.26. The van der Waals surface area contributed by atoms with Gasteiger partial charge in [0.05, 0.1) is 28.3 Å². The summed E-state index contributed by atoms with van der Waals surface area (Å²) in [6.07, 6.45) is 0.486. The largest absolute Gasteiger partial charge is 0.506 e. The van der Waals surface area contributed by atoms with E-state index in [9.17, 15) is 18.3 Å². The molecule has 0 heterocycles. The van der Waals surface area contributed by atoms with Crippen LogP contribution in [-0.4, -0.2) is 43.9 Å². The average Bonchev–Trinajstić information content (AvgIpc) is 2.71. The lowest BCUT2D eigenvalue weighted by Crippen LogP contribution is -2.30. The fourth-order valence-electron chi connectivity index (χ4n) is 3.02. The minimum absolute atomic E-state index is 0.0246. The summed E-state index contributed by atoms with van der Waals surface area (Å²) in [6.45, 7) is 5.99. The Bertz CT molecular complexity index is 1050. The maximum atomic E-state index is 13.0. The lowest BCUT2D eigenvalue weighted by Gasteiger charge is -2.21. The Balaban J connectivity index is 2.59. The van der Waals surface area contributed by atoms with E-state index in [1.807, 2.05) is 6.92 Å². The van der Waals surface area contributed by atoms with Crippen molar-refractivity contribution in [2.75, 3.05) is 25.5 Å². The number of sulfonamides is 1. The Morgan fingerprint density at radius 3 is 2.30 bits per heavy atom. The van der Waals surface area contributed by atoms with Crippen LogP contribution in [0.15, 0.2) is 29.2 Å². The summed E-state index contributed by atoms with van der Waals surface area (Å²) in [6, 6.07) is 5.48. The van der Waals surface area contributed by atoms with Crippen LogP contribution in [0.2, 0.25) is 10.0 Å². The molecule has 7 nitrogen and oxygen atoms in total. The van der Waals surface area contributed by atoms with Crippen LogP contribution in [0.4, 0.5) is 5.69 Å². The molecule has 10 heteroatoms. The molecule has 0 atom stereocenters. The molecular formula is C20H24Cl2N2O5S. The average molecular weight is 475 g/mol. The van der Waals surface area contributed by atoms with E-state index in [1.54, 1.807) is 19.9 Å². The lowest BCUT2D eigenvalue weighted by atomic mass is 10.1. The first-order chi connectivity index (χ1) is 14.1. The summed E-state index contributed by atoms with van der Waals surface area (Å²) in [4.78, 5) is 12.9. The van der Waals surface area contributed by atoms with Crippen LogP contribution in [0.1, 0.15) is 36.7 Å². The molecule has 2 N–H and O–H groups in total. The van der Waals surface area contributed by atoms with Crippen molar-refractivity contribution < 1.29 is 23.1 Å². The van der Waals surface area contributed by atoms with Crippen LogP contribution in [0, 0.1) is 0 Å². The predicted octanol–water partition coefficient (Wildman–Crippen LogP) is 4.55. The van der Waals surface area contributed by atoms with E-state index in [1.165, 1.54) is 29.6 Å². The number of methoxy groups -OCH3 is 1. The second-order valence-corrected chi connectivity index (χ2v) is 9.01. The van der Waals surface area contributed by atoms with Crippen LogP contribution < -0.4 is 10.1 Å². The molecule has 0 aliphatic heterocycles. The van der Waals surface area contributed by atoms with Gasteiger partial charge >= 0.3 is 0 Å². The molecule has 2 aromatic carbocycles. The minimum Gasteiger partial charge on any atom is -0.506 e. The van der Waals surface area contributed by atoms with E-state index in [4.69, 9.17) is 27.9 Å². The van der Waals surface area contributed by atoms with E-state index in [0.717, 1.165) is 0 Å². The first kappa shape index (κ1) is 24.3. The van der Waals surface area contributed by atoms with Crippen molar-refractivity contribution in [1.82, 2.24) is 4.31 Å². The number of carbonyl (C=O) groups is 1. The molecule has 1 amide bonds. The van der Waals surface area contributed by atoms with Gasteiger partial charge in [0.1, 0.15) is 16.5 Å². The van der Waals surface area contributed by atoms with Gasteiger partial charge in [-0.3, -0.25) is 4.79 Å². The van der Waals surface area contributed by atoms with Gasteiger partial charge in [0.15, 0.2) is 0 Å². The maximum absolute atomic E-state index is 13.0. The van der Waals surface area contributed by atoms with Gasteiger partial charge in [-0.25, -0.2) is 8.42 Å². The molecule has 0 aromatic heterocycles. The molecule has 164 valence electrons. The number of aryl methyl sites for hydroxylation is 1. The van der Waals surface area contributed by atoms with Crippen molar-refractivity contribution in [2.24, 2.45) is 0 Å². The van der Waals surface area contributed by atoms with Crippen LogP contribution in [0.5, 0.6) is 11.5 Å². The monoisotopic (exact) mass is 474 g/mol. The number of phenols is 1. The molecule has 2 rings (SSSR count). The third-order valence-electron chi connectivity index (χ3n) is 4.62. The quantitative estimate of drug-likeness (QED) is 0.584. The van der Waals surface area contributed by atoms with Crippen LogP contribution in [-0.2, 0) is 16.4 Å². The number of aromatic hydroxyl groups is 1. The Labute approximate surface area is 186 Å². The molecule has 0 fully saturated rings. The van der Waals surface area contributed by atoms with Crippen molar-refractivity contribution in [3.05, 3.63) is 45.4 Å². The van der Waals surface area contributed by atoms with E-state index < -0.39 is 15.9 Å². The van der Waals surface area contributed by atoms with Gasteiger partial charge in [-0.15, -0.1) is 0 Å². The molecule has 0 aliphatic rings. The fourth-order valence-corrected chi connectivity index (χ4v) is 4.97. The smallest absolute Gasteiger partial charge is 0.257 e. The number of hydrogen-bond donors (Lipinski definition) is 2. The van der Waals surface area contributed by atoms with E-state index >= 15 is 0 Å². The van der Waals surface area contributed by atoms with Gasteiger partial charge in [0.2, 0.25) is 10.0 Å². The van der Waals surface area contributed by atoms with Gasteiger partial charge in [0, 0.05) is 13.1 Å². The fraction of sp³-hybridized carbons (Fsp3) is 0.350. The van der Waals surface area contributed by atoms with Crippen molar-refractivity contribution in [1.29, 1.82) is 0 Å². The van der Waals surface area contributed by atoms with Crippen molar-refractivity contribution in [2.45, 2.75) is 32.1 Å². The van der Waals surface area contributed by atoms with Gasteiger partial charge in [0.25, 0.3) is 5.91 Å². The Kier molecular flexibility index (Phi) is 7.99. The number of hydrogen-bond acceptors (Lipinski definition) is 5. The third-order valence-corrected chi connectivity index (χ3v) is 7.52. The van der Waals surface area contributed by atoms with E-state index in [2.05, 4.69) is 5.32 Å². The number of nitrogens with zero attached hydrogens (tertiary/aromatic N) is 1. The minimum atomic E-state index is -3.76. The SMILES string of the molecule is CCc1cc(S(=O)(=O)N(CC)CC)cc(NC(=O)c2ccc(O)c(Cl)c2Cl)c1OC. The van der Waals surface area contributed by atoms with Crippen LogP contribution in [0.25, 0.3) is 0 Å². The molecule has 0 saturated carbocycles. The summed E-state index contributed by atoms with van der Waals surface area (Å²) in [5, 5.41) is 12.0. The number of amides is 1. The van der Waals surface area contributed by atoms with E-state index in [-0.39, 0.29) is 31.9 Å². The van der Waals surface area contributed by atoms with Gasteiger partial charge in [-0.2, -0.15) is 4.31 Å². The summed E-state index contributed by atoms with van der Waals surface area (Å²) in [5.74, 6) is -0.527. The normalized spacial score (nSPS) is 11.6. The molecular weight excluding hydrogens is 451 g/mol. The second-order valence-electron chi connectivity index (χ2n) is 6.32. The number of phenolic OH excluding ortho intramolecular Hbond substituents is 1. The van der Waals surface area contributed by atoms with Crippen LogP contribution >= 0.6 is 23.2 Å². The lowest BCUT2D eigenvalue weighted by molar-refractivity contribution is 0.102. The van der Waals surface area contributed by atoms with Crippen LogP contribution in [0.3, 0.4) is 0 Å². The summed E-state index contributed by atoms with van der Waals surface area (Å²) >= 11 is 12.0. The predicted molar refractivity (Wildman–Crippen MR) is 119 cm³/mol. The van der Waals surface area contributed by atoms with Crippen molar-refractivity contribution in [3.8, 4) is 11.5 Å². The van der Waals surface area contributed by atoms with Gasteiger partial charge in [-0.05, 0) is 36.2 Å². The molecule has 0 aliphatic carbocycles. The number of benzene rings is 2. The highest BCUT2D eigenvalue weighted by molar-refractivity contribution is 7.89. The number of anilines is 1. The summed E-state index contributed by atoms with van der Waals surface area (Å²) in [5.41, 5.74) is 0.834. The number of carbonyl (C=O) groups excluding carboxylic acids is 1. The Morgan fingerprint density at radius 2 is 1.77 bits per heavy atom. The molecule has 30 heavy (non-hydrogen) atoms. The molecule has 2 aromatic rings. The molecule has 0 saturated heterocycles. The first-order valence-electron chi connectivity index (χ1n) is 9.31. The second kappa shape index (κ2) is 9.87. The van der Waals surface area contributed by atoms with Crippen molar-refractivity contribution >= 4 is 44.8 Å². The number of rotatable bonds is 8. The van der Waals surface area contributed by atoms with E-state index in [0.29, 0.717) is 30.8 Å². The standard InChI is InChI=1S/C20H24Cl2N2O5S/c1-5-12-10-13(30(27,28)24(6-2)7-3)11-15(19(12)29-4)23-20(26)14-8-9-16(25)18(22)17(14)21/h8-11,25H,5-7H2,1-4H3,(H,23,26). The zero-order valence-corrected chi connectivity index (χ0v) is 19.5. The Hall–Kier alpha value is -2.00. The topological polar surface area (TPSA) is 95.9 Å². The summed E-state index contributed by atoms with van der Waals surface area (Å²) < 4.78 is 32.8. The van der Waals surface area contributed by atoms with Gasteiger partial charge < -0.3 is 15.2 Å². The first-order valence-corrected chi connectivity index (χ1v) is 11.5. The highest BCUT2D eigenvalue weighted by Crippen LogP contribution is 2.37. The summed E-state index contributed by atoms with van der Waals surface area (Å²) in [7, 11) is -2.32.